The fraction of sp³-hybridized carbons (Fsp3) is 1.00. The highest BCUT2D eigenvalue weighted by Crippen LogP contribution is 2.41. The van der Waals surface area contributed by atoms with Crippen LogP contribution in [0.15, 0.2) is 0 Å². The quantitative estimate of drug-likeness (QED) is 0.842. The molecule has 2 heteroatoms. The lowest BCUT2D eigenvalue weighted by molar-refractivity contribution is 0.0592. The van der Waals surface area contributed by atoms with E-state index >= 15 is 0 Å². The number of hydrogen-bond acceptors (Lipinski definition) is 2. The van der Waals surface area contributed by atoms with Crippen LogP contribution in [0.1, 0.15) is 72.6 Å². The van der Waals surface area contributed by atoms with Crippen LogP contribution in [-0.2, 0) is 0 Å². The Morgan fingerprint density at radius 2 is 1.65 bits per heavy atom. The summed E-state index contributed by atoms with van der Waals surface area (Å²) in [6.07, 6.45) is 9.34. The summed E-state index contributed by atoms with van der Waals surface area (Å²) in [4.78, 5) is 2.70. The Labute approximate surface area is 126 Å². The van der Waals surface area contributed by atoms with Crippen molar-refractivity contribution >= 4 is 0 Å². The van der Waals surface area contributed by atoms with Crippen molar-refractivity contribution in [1.82, 2.24) is 4.90 Å². The number of hydrogen-bond donors (Lipinski definition) is 1. The van der Waals surface area contributed by atoms with E-state index in [0.29, 0.717) is 16.9 Å². The Balaban J connectivity index is 1.85. The van der Waals surface area contributed by atoms with Gasteiger partial charge in [0.2, 0.25) is 0 Å². The first-order valence-electron chi connectivity index (χ1n) is 8.88. The topological polar surface area (TPSA) is 29.3 Å². The van der Waals surface area contributed by atoms with Crippen LogP contribution < -0.4 is 5.73 Å². The molecule has 2 fully saturated rings. The van der Waals surface area contributed by atoms with Gasteiger partial charge in [0, 0.05) is 12.6 Å². The van der Waals surface area contributed by atoms with Gasteiger partial charge in [-0.05, 0) is 61.9 Å². The Bertz CT molecular complexity index is 297. The average Bonchev–Trinajstić information content (AvgIpc) is 2.44. The highest BCUT2D eigenvalue weighted by Gasteiger charge is 2.36. The van der Waals surface area contributed by atoms with Gasteiger partial charge in [0.05, 0.1) is 0 Å². The van der Waals surface area contributed by atoms with Gasteiger partial charge in [-0.25, -0.2) is 0 Å². The zero-order valence-electron chi connectivity index (χ0n) is 14.3. The van der Waals surface area contributed by atoms with Crippen LogP contribution in [0.2, 0.25) is 0 Å². The standard InChI is InChI=1S/C18H36N2/c1-5-18(6-2)9-11-20(12-10-18)14-15-13-17(3,4)8-7-16(15)19/h15-16H,5-14,19H2,1-4H3. The number of nitrogens with two attached hydrogens (primary N) is 1. The molecule has 1 saturated carbocycles. The SMILES string of the molecule is CCC1(CC)CCN(CC2CC(C)(C)CCC2N)CC1. The molecule has 2 atom stereocenters. The fourth-order valence-electron chi connectivity index (χ4n) is 4.45. The van der Waals surface area contributed by atoms with Crippen LogP contribution in [0, 0.1) is 16.7 Å². The summed E-state index contributed by atoms with van der Waals surface area (Å²) in [5.41, 5.74) is 7.55. The van der Waals surface area contributed by atoms with Crippen molar-refractivity contribution < 1.29 is 0 Å². The minimum atomic E-state index is 0.437. The molecule has 1 aliphatic heterocycles. The number of likely N-dealkylation sites (tertiary alicyclic amines) is 1. The fourth-order valence-corrected chi connectivity index (χ4v) is 4.45. The zero-order valence-corrected chi connectivity index (χ0v) is 14.3. The molecule has 0 aromatic heterocycles. The minimum absolute atomic E-state index is 0.437. The van der Waals surface area contributed by atoms with E-state index < -0.39 is 0 Å². The van der Waals surface area contributed by atoms with Gasteiger partial charge >= 0.3 is 0 Å². The number of piperidine rings is 1. The maximum absolute atomic E-state index is 6.40. The van der Waals surface area contributed by atoms with E-state index in [4.69, 9.17) is 5.73 Å². The maximum atomic E-state index is 6.40. The van der Waals surface area contributed by atoms with Crippen LogP contribution in [0.5, 0.6) is 0 Å². The monoisotopic (exact) mass is 280 g/mol. The molecule has 1 aliphatic carbocycles. The van der Waals surface area contributed by atoms with Gasteiger partial charge in [0.25, 0.3) is 0 Å². The highest BCUT2D eigenvalue weighted by molar-refractivity contribution is 4.90. The second-order valence-corrected chi connectivity index (χ2v) is 8.34. The van der Waals surface area contributed by atoms with E-state index in [1.807, 2.05) is 0 Å². The van der Waals surface area contributed by atoms with Crippen molar-refractivity contribution in [3.63, 3.8) is 0 Å². The third-order valence-corrected chi connectivity index (χ3v) is 6.48. The van der Waals surface area contributed by atoms with Crippen LogP contribution in [0.25, 0.3) is 0 Å². The number of rotatable bonds is 4. The second kappa shape index (κ2) is 6.36. The third kappa shape index (κ3) is 3.76. The Kier molecular flexibility index (Phi) is 5.18. The Morgan fingerprint density at radius 3 is 2.20 bits per heavy atom. The van der Waals surface area contributed by atoms with Crippen molar-refractivity contribution in [1.29, 1.82) is 0 Å². The van der Waals surface area contributed by atoms with Crippen molar-refractivity contribution in [3.8, 4) is 0 Å². The molecule has 2 nitrogen and oxygen atoms in total. The summed E-state index contributed by atoms with van der Waals surface area (Å²) in [6, 6.07) is 0.437. The molecule has 0 radical (unpaired) electrons. The molecule has 0 aromatic rings. The van der Waals surface area contributed by atoms with Gasteiger partial charge in [0.15, 0.2) is 0 Å². The van der Waals surface area contributed by atoms with Crippen LogP contribution in [0.3, 0.4) is 0 Å². The van der Waals surface area contributed by atoms with E-state index in [-0.39, 0.29) is 0 Å². The lowest BCUT2D eigenvalue weighted by atomic mass is 9.69. The molecule has 1 saturated heterocycles. The molecule has 2 unspecified atom stereocenters. The summed E-state index contributed by atoms with van der Waals surface area (Å²) >= 11 is 0. The van der Waals surface area contributed by atoms with Gasteiger partial charge in [-0.3, -0.25) is 0 Å². The number of nitrogens with zero attached hydrogens (tertiary/aromatic N) is 1. The largest absolute Gasteiger partial charge is 0.327 e. The molecule has 2 aliphatic rings. The van der Waals surface area contributed by atoms with E-state index in [9.17, 15) is 0 Å². The molecule has 118 valence electrons. The van der Waals surface area contributed by atoms with E-state index in [1.165, 1.54) is 64.6 Å². The first-order chi connectivity index (χ1) is 9.40. The molecule has 0 bridgehead atoms. The van der Waals surface area contributed by atoms with E-state index in [0.717, 1.165) is 5.92 Å². The van der Waals surface area contributed by atoms with Gasteiger partial charge < -0.3 is 10.6 Å². The summed E-state index contributed by atoms with van der Waals surface area (Å²) in [7, 11) is 0. The summed E-state index contributed by atoms with van der Waals surface area (Å²) in [6.45, 7) is 13.4. The minimum Gasteiger partial charge on any atom is -0.327 e. The highest BCUT2D eigenvalue weighted by atomic mass is 15.1. The van der Waals surface area contributed by atoms with E-state index in [2.05, 4.69) is 32.6 Å². The lowest BCUT2D eigenvalue weighted by Gasteiger charge is -2.45. The van der Waals surface area contributed by atoms with Crippen molar-refractivity contribution in [3.05, 3.63) is 0 Å². The smallest absolute Gasteiger partial charge is 0.00797 e. The van der Waals surface area contributed by atoms with Gasteiger partial charge in [-0.2, -0.15) is 0 Å². The van der Waals surface area contributed by atoms with Crippen LogP contribution in [-0.4, -0.2) is 30.6 Å². The lowest BCUT2D eigenvalue weighted by Crippen LogP contribution is -2.48. The second-order valence-electron chi connectivity index (χ2n) is 8.34. The zero-order chi connectivity index (χ0) is 14.8. The molecule has 2 N–H and O–H groups in total. The maximum Gasteiger partial charge on any atom is 0.00797 e. The summed E-state index contributed by atoms with van der Waals surface area (Å²) < 4.78 is 0. The Morgan fingerprint density at radius 1 is 1.05 bits per heavy atom. The van der Waals surface area contributed by atoms with E-state index in [1.54, 1.807) is 0 Å². The predicted octanol–water partition coefficient (Wildman–Crippen LogP) is 4.04. The van der Waals surface area contributed by atoms with Gasteiger partial charge in [0.1, 0.15) is 0 Å². The molecule has 0 amide bonds. The summed E-state index contributed by atoms with van der Waals surface area (Å²) in [5, 5.41) is 0. The Hall–Kier alpha value is -0.0800. The van der Waals surface area contributed by atoms with Crippen molar-refractivity contribution in [2.75, 3.05) is 19.6 Å². The van der Waals surface area contributed by atoms with Gasteiger partial charge in [-0.15, -0.1) is 0 Å². The normalized spacial score (nSPS) is 34.0. The molecule has 0 spiro atoms. The first kappa shape index (κ1) is 16.3. The van der Waals surface area contributed by atoms with Crippen LogP contribution >= 0.6 is 0 Å². The molecular formula is C18H36N2. The first-order valence-corrected chi connectivity index (χ1v) is 8.88. The summed E-state index contributed by atoms with van der Waals surface area (Å²) in [5.74, 6) is 0.717. The molecule has 0 aromatic carbocycles. The third-order valence-electron chi connectivity index (χ3n) is 6.48. The predicted molar refractivity (Wildman–Crippen MR) is 87.8 cm³/mol. The average molecular weight is 281 g/mol. The van der Waals surface area contributed by atoms with Crippen molar-refractivity contribution in [2.24, 2.45) is 22.5 Å². The molecular weight excluding hydrogens is 244 g/mol. The van der Waals surface area contributed by atoms with Crippen molar-refractivity contribution in [2.45, 2.75) is 78.7 Å². The van der Waals surface area contributed by atoms with Gasteiger partial charge in [-0.1, -0.05) is 40.5 Å². The molecule has 20 heavy (non-hydrogen) atoms. The molecule has 2 rings (SSSR count). The molecule has 1 heterocycles. The van der Waals surface area contributed by atoms with Crippen LogP contribution in [0.4, 0.5) is 0 Å².